The Morgan fingerprint density at radius 3 is 2.89 bits per heavy atom. The van der Waals surface area contributed by atoms with Crippen LogP contribution in [0.3, 0.4) is 0 Å². The van der Waals surface area contributed by atoms with Gasteiger partial charge in [0.25, 0.3) is 0 Å². The minimum atomic E-state index is 0.404. The molecule has 0 fully saturated rings. The fraction of sp³-hybridized carbons (Fsp3) is 0.0769. The van der Waals surface area contributed by atoms with Gasteiger partial charge in [0, 0.05) is 11.8 Å². The summed E-state index contributed by atoms with van der Waals surface area (Å²) in [4.78, 5) is 4.50. The van der Waals surface area contributed by atoms with Gasteiger partial charge in [-0.2, -0.15) is 20.7 Å². The quantitative estimate of drug-likeness (QED) is 0.715. The molecule has 0 unspecified atom stereocenters. The van der Waals surface area contributed by atoms with E-state index in [4.69, 9.17) is 5.73 Å². The molecule has 3 aromatic rings. The highest BCUT2D eigenvalue weighted by Crippen LogP contribution is 2.26. The Morgan fingerprint density at radius 2 is 2.16 bits per heavy atom. The number of aromatic nitrogens is 4. The Bertz CT molecular complexity index is 770. The van der Waals surface area contributed by atoms with Crippen LogP contribution >= 0.6 is 0 Å². The molecule has 1 aromatic carbocycles. The van der Waals surface area contributed by atoms with Gasteiger partial charge in [-0.25, -0.2) is 0 Å². The molecule has 92 valence electrons. The number of nitrogens with zero attached hydrogens (tertiary/aromatic N) is 4. The van der Waals surface area contributed by atoms with Crippen molar-refractivity contribution in [2.24, 2.45) is 0 Å². The molecule has 19 heavy (non-hydrogen) atoms. The summed E-state index contributed by atoms with van der Waals surface area (Å²) in [5.74, 6) is 0. The molecule has 2 aromatic heterocycles. The molecule has 0 saturated heterocycles. The lowest BCUT2D eigenvalue weighted by Crippen LogP contribution is -2.03. The summed E-state index contributed by atoms with van der Waals surface area (Å²) in [6.45, 7) is 0. The molecule has 0 radical (unpaired) electrons. The summed E-state index contributed by atoms with van der Waals surface area (Å²) in [6, 6.07) is 9.62. The monoisotopic (exact) mass is 250 g/mol. The molecule has 0 amide bonds. The summed E-state index contributed by atoms with van der Waals surface area (Å²) in [7, 11) is 0. The number of anilines is 1. The number of nitrogen functional groups attached to an aromatic ring is 1. The van der Waals surface area contributed by atoms with Crippen LogP contribution in [0.15, 0.2) is 30.5 Å². The Kier molecular flexibility index (Phi) is 2.58. The van der Waals surface area contributed by atoms with E-state index in [1.165, 1.54) is 0 Å². The van der Waals surface area contributed by atoms with Crippen molar-refractivity contribution < 1.29 is 0 Å². The Morgan fingerprint density at radius 1 is 1.32 bits per heavy atom. The van der Waals surface area contributed by atoms with Crippen LogP contribution in [-0.2, 0) is 6.42 Å². The summed E-state index contributed by atoms with van der Waals surface area (Å²) in [5.41, 5.74) is 9.04. The van der Waals surface area contributed by atoms with Crippen LogP contribution in [0.5, 0.6) is 0 Å². The third-order valence-electron chi connectivity index (χ3n) is 2.93. The number of nitrogens with one attached hydrogen (secondary N) is 1. The fourth-order valence-electron chi connectivity index (χ4n) is 2.03. The highest BCUT2D eigenvalue weighted by Gasteiger charge is 2.13. The van der Waals surface area contributed by atoms with Gasteiger partial charge in [0.15, 0.2) is 0 Å². The van der Waals surface area contributed by atoms with E-state index in [9.17, 15) is 5.26 Å². The van der Waals surface area contributed by atoms with Gasteiger partial charge >= 0.3 is 0 Å². The molecule has 0 spiro atoms. The molecule has 0 bridgehead atoms. The fourth-order valence-corrected chi connectivity index (χ4v) is 2.03. The number of fused-ring (bicyclic) bond motifs is 1. The Labute approximate surface area is 108 Å². The number of nitrogens with two attached hydrogens (primary N) is 1. The molecule has 0 saturated carbocycles. The first kappa shape index (κ1) is 11.2. The zero-order valence-corrected chi connectivity index (χ0v) is 9.96. The van der Waals surface area contributed by atoms with Crippen molar-refractivity contribution in [2.75, 3.05) is 5.73 Å². The molecule has 0 aliphatic rings. The molecule has 0 aliphatic heterocycles. The second kappa shape index (κ2) is 4.38. The third kappa shape index (κ3) is 1.87. The Balaban J connectivity index is 2.21. The standard InChI is InChI=1S/C13H10N6/c14-6-10-12(5-8-7-16-19-18-8)17-11-4-2-1-3-9(11)13(10)15/h1-4,7H,5H2,(H2,15,17)(H,16,18,19). The number of para-hydroxylation sites is 1. The van der Waals surface area contributed by atoms with Gasteiger partial charge in [0.05, 0.1) is 34.4 Å². The van der Waals surface area contributed by atoms with Crippen LogP contribution in [0.25, 0.3) is 10.9 Å². The second-order valence-electron chi connectivity index (χ2n) is 4.11. The van der Waals surface area contributed by atoms with Crippen molar-refractivity contribution in [1.82, 2.24) is 20.4 Å². The van der Waals surface area contributed by atoms with Crippen molar-refractivity contribution in [1.29, 1.82) is 5.26 Å². The number of pyridine rings is 1. The lowest BCUT2D eigenvalue weighted by Gasteiger charge is -2.08. The van der Waals surface area contributed by atoms with Crippen LogP contribution in [0.2, 0.25) is 0 Å². The largest absolute Gasteiger partial charge is 0.397 e. The summed E-state index contributed by atoms with van der Waals surface area (Å²) < 4.78 is 0. The zero-order chi connectivity index (χ0) is 13.2. The number of H-pyrrole nitrogens is 1. The van der Waals surface area contributed by atoms with Gasteiger partial charge in [-0.3, -0.25) is 4.98 Å². The van der Waals surface area contributed by atoms with Gasteiger partial charge in [-0.15, -0.1) is 0 Å². The summed E-state index contributed by atoms with van der Waals surface area (Å²) in [6.07, 6.45) is 2.03. The molecular weight excluding hydrogens is 240 g/mol. The molecule has 2 heterocycles. The van der Waals surface area contributed by atoms with Crippen LogP contribution in [0, 0.1) is 11.3 Å². The molecule has 0 aliphatic carbocycles. The van der Waals surface area contributed by atoms with Gasteiger partial charge in [-0.05, 0) is 6.07 Å². The van der Waals surface area contributed by atoms with E-state index in [1.54, 1.807) is 6.20 Å². The van der Waals surface area contributed by atoms with E-state index in [1.807, 2.05) is 24.3 Å². The van der Waals surface area contributed by atoms with Crippen LogP contribution in [-0.4, -0.2) is 20.4 Å². The summed E-state index contributed by atoms with van der Waals surface area (Å²) >= 11 is 0. The van der Waals surface area contributed by atoms with E-state index in [-0.39, 0.29) is 0 Å². The van der Waals surface area contributed by atoms with E-state index in [0.29, 0.717) is 23.4 Å². The lowest BCUT2D eigenvalue weighted by molar-refractivity contribution is 0.909. The summed E-state index contributed by atoms with van der Waals surface area (Å²) in [5, 5.41) is 20.3. The lowest BCUT2D eigenvalue weighted by atomic mass is 10.0. The van der Waals surface area contributed by atoms with E-state index >= 15 is 0 Å². The Hall–Kier alpha value is -2.94. The van der Waals surface area contributed by atoms with Crippen molar-refractivity contribution in [3.8, 4) is 6.07 Å². The van der Waals surface area contributed by atoms with Gasteiger partial charge < -0.3 is 5.73 Å². The predicted octanol–water partition coefficient (Wildman–Crippen LogP) is 1.40. The van der Waals surface area contributed by atoms with Gasteiger partial charge in [0.1, 0.15) is 6.07 Å². The van der Waals surface area contributed by atoms with E-state index in [2.05, 4.69) is 26.5 Å². The highest BCUT2D eigenvalue weighted by atomic mass is 15.3. The minimum Gasteiger partial charge on any atom is -0.397 e. The van der Waals surface area contributed by atoms with Crippen molar-refractivity contribution in [3.63, 3.8) is 0 Å². The first-order valence-corrected chi connectivity index (χ1v) is 5.71. The van der Waals surface area contributed by atoms with E-state index in [0.717, 1.165) is 16.6 Å². The average molecular weight is 250 g/mol. The maximum absolute atomic E-state index is 9.27. The number of aromatic amines is 1. The first-order valence-electron chi connectivity index (χ1n) is 5.71. The van der Waals surface area contributed by atoms with E-state index < -0.39 is 0 Å². The molecule has 6 nitrogen and oxygen atoms in total. The molecular formula is C13H10N6. The number of benzene rings is 1. The maximum Gasteiger partial charge on any atom is 0.103 e. The molecule has 3 rings (SSSR count). The zero-order valence-electron chi connectivity index (χ0n) is 9.96. The molecule has 6 heteroatoms. The predicted molar refractivity (Wildman–Crippen MR) is 70.1 cm³/mol. The van der Waals surface area contributed by atoms with Gasteiger partial charge in [0.2, 0.25) is 0 Å². The van der Waals surface area contributed by atoms with Crippen LogP contribution in [0.1, 0.15) is 17.0 Å². The highest BCUT2D eigenvalue weighted by molar-refractivity contribution is 5.93. The average Bonchev–Trinajstić information content (AvgIpc) is 2.92. The topological polar surface area (TPSA) is 104 Å². The van der Waals surface area contributed by atoms with Crippen molar-refractivity contribution in [2.45, 2.75) is 6.42 Å². The second-order valence-corrected chi connectivity index (χ2v) is 4.11. The smallest absolute Gasteiger partial charge is 0.103 e. The van der Waals surface area contributed by atoms with Crippen molar-refractivity contribution >= 4 is 16.6 Å². The minimum absolute atomic E-state index is 0.404. The molecule has 3 N–H and O–H groups in total. The maximum atomic E-state index is 9.27. The number of rotatable bonds is 2. The number of hydrogen-bond acceptors (Lipinski definition) is 5. The van der Waals surface area contributed by atoms with Crippen molar-refractivity contribution in [3.05, 3.63) is 47.4 Å². The third-order valence-corrected chi connectivity index (χ3v) is 2.93. The van der Waals surface area contributed by atoms with Crippen LogP contribution in [0.4, 0.5) is 5.69 Å². The first-order chi connectivity index (χ1) is 9.29. The van der Waals surface area contributed by atoms with Gasteiger partial charge in [-0.1, -0.05) is 18.2 Å². The number of hydrogen-bond donors (Lipinski definition) is 2. The van der Waals surface area contributed by atoms with Crippen LogP contribution < -0.4 is 5.73 Å². The SMILES string of the molecule is N#Cc1c(Cc2cn[nH]n2)nc2ccccc2c1N. The number of nitriles is 1. The molecule has 0 atom stereocenters. The normalized spacial score (nSPS) is 10.5.